The maximum absolute atomic E-state index is 12.8. The van der Waals surface area contributed by atoms with Crippen molar-refractivity contribution in [3.63, 3.8) is 0 Å². The van der Waals surface area contributed by atoms with Gasteiger partial charge in [-0.25, -0.2) is 0 Å². The second-order valence-corrected chi connectivity index (χ2v) is 9.79. The van der Waals surface area contributed by atoms with Gasteiger partial charge in [-0.3, -0.25) is 19.2 Å². The van der Waals surface area contributed by atoms with Gasteiger partial charge in [-0.15, -0.1) is 0 Å². The lowest BCUT2D eigenvalue weighted by atomic mass is 9.83. The first-order valence-electron chi connectivity index (χ1n) is 12.7. The summed E-state index contributed by atoms with van der Waals surface area (Å²) in [4.78, 5) is 50.2. The predicted octanol–water partition coefficient (Wildman–Crippen LogP) is 5.74. The fourth-order valence-electron chi connectivity index (χ4n) is 3.94. The number of unbranched alkanes of at least 4 members (excludes halogenated alkanes) is 2. The molecule has 0 spiro atoms. The van der Waals surface area contributed by atoms with E-state index in [1.807, 2.05) is 0 Å². The van der Waals surface area contributed by atoms with E-state index in [9.17, 15) is 19.2 Å². The zero-order valence-corrected chi connectivity index (χ0v) is 20.5. The molecule has 0 N–H and O–H groups in total. The van der Waals surface area contributed by atoms with Gasteiger partial charge in [0.25, 0.3) is 0 Å². The molecule has 0 amide bonds. The van der Waals surface area contributed by atoms with E-state index in [0.717, 1.165) is 64.2 Å². The highest BCUT2D eigenvalue weighted by Crippen LogP contribution is 2.23. The quantitative estimate of drug-likeness (QED) is 0.307. The number of carbonyl (C=O) groups is 4. The van der Waals surface area contributed by atoms with Crippen LogP contribution in [0.4, 0.5) is 0 Å². The number of hydrogen-bond donors (Lipinski definition) is 0. The van der Waals surface area contributed by atoms with Gasteiger partial charge in [0.05, 0.1) is 17.9 Å². The normalized spacial score (nSPS) is 23.7. The number of rotatable bonds is 4. The minimum absolute atomic E-state index is 0.124. The van der Waals surface area contributed by atoms with E-state index in [2.05, 4.69) is 6.92 Å². The molecule has 0 bridgehead atoms. The van der Waals surface area contributed by atoms with Crippen LogP contribution in [0.3, 0.4) is 0 Å². The lowest BCUT2D eigenvalue weighted by molar-refractivity contribution is -0.154. The minimum atomic E-state index is -1.11. The SMILES string of the molecule is CCCCC[C@@H]1CC(=O)C(=O)C(C)(C)COC(=O)CCCCCCCCCCCOC1=O. The van der Waals surface area contributed by atoms with E-state index in [-0.39, 0.29) is 25.0 Å². The first-order valence-corrected chi connectivity index (χ1v) is 12.7. The van der Waals surface area contributed by atoms with Crippen LogP contribution in [0.1, 0.15) is 117 Å². The van der Waals surface area contributed by atoms with Gasteiger partial charge >= 0.3 is 11.9 Å². The summed E-state index contributed by atoms with van der Waals surface area (Å²) < 4.78 is 10.8. The zero-order valence-electron chi connectivity index (χ0n) is 20.5. The number of ketones is 2. The van der Waals surface area contributed by atoms with Crippen LogP contribution in [0.15, 0.2) is 0 Å². The highest BCUT2D eigenvalue weighted by atomic mass is 16.5. The summed E-state index contributed by atoms with van der Waals surface area (Å²) in [6, 6.07) is 0. The van der Waals surface area contributed by atoms with Gasteiger partial charge < -0.3 is 9.47 Å². The van der Waals surface area contributed by atoms with Gasteiger partial charge in [-0.2, -0.15) is 0 Å². The Bertz CT molecular complexity index is 595. The lowest BCUT2D eigenvalue weighted by Gasteiger charge is -2.23. The van der Waals surface area contributed by atoms with Crippen molar-refractivity contribution in [1.29, 1.82) is 0 Å². The lowest BCUT2D eigenvalue weighted by Crippen LogP contribution is -2.37. The minimum Gasteiger partial charge on any atom is -0.465 e. The van der Waals surface area contributed by atoms with Crippen LogP contribution in [0.25, 0.3) is 0 Å². The highest BCUT2D eigenvalue weighted by molar-refractivity contribution is 6.39. The van der Waals surface area contributed by atoms with Gasteiger partial charge in [-0.05, 0) is 33.1 Å². The van der Waals surface area contributed by atoms with Crippen LogP contribution in [0.5, 0.6) is 0 Å². The number of esters is 2. The first-order chi connectivity index (χ1) is 15.3. The van der Waals surface area contributed by atoms with E-state index in [1.54, 1.807) is 13.8 Å². The Hall–Kier alpha value is -1.72. The van der Waals surface area contributed by atoms with Crippen LogP contribution in [0, 0.1) is 11.3 Å². The predicted molar refractivity (Wildman–Crippen MR) is 124 cm³/mol. The van der Waals surface area contributed by atoms with E-state index in [0.29, 0.717) is 19.4 Å². The van der Waals surface area contributed by atoms with Crippen molar-refractivity contribution in [3.05, 3.63) is 0 Å². The molecule has 32 heavy (non-hydrogen) atoms. The smallest absolute Gasteiger partial charge is 0.309 e. The van der Waals surface area contributed by atoms with Gasteiger partial charge in [0.1, 0.15) is 6.61 Å². The third-order valence-corrected chi connectivity index (χ3v) is 6.15. The third kappa shape index (κ3) is 11.8. The molecule has 6 nitrogen and oxygen atoms in total. The molecular weight excluding hydrogens is 408 g/mol. The molecule has 6 heteroatoms. The summed E-state index contributed by atoms with van der Waals surface area (Å²) in [6.07, 6.45) is 12.9. The van der Waals surface area contributed by atoms with Crippen LogP contribution in [0.2, 0.25) is 0 Å². The third-order valence-electron chi connectivity index (χ3n) is 6.15. The molecule has 1 aliphatic heterocycles. The molecule has 184 valence electrons. The molecule has 0 radical (unpaired) electrons. The second kappa shape index (κ2) is 16.0. The number of carbonyl (C=O) groups excluding carboxylic acids is 4. The van der Waals surface area contributed by atoms with Gasteiger partial charge in [0.2, 0.25) is 5.78 Å². The molecular formula is C26H44O6. The summed E-state index contributed by atoms with van der Waals surface area (Å²) >= 11 is 0. The number of hydrogen-bond acceptors (Lipinski definition) is 6. The fourth-order valence-corrected chi connectivity index (χ4v) is 3.94. The Morgan fingerprint density at radius 1 is 0.812 bits per heavy atom. The molecule has 0 aromatic rings. The van der Waals surface area contributed by atoms with Gasteiger partial charge in [0.15, 0.2) is 5.78 Å². The molecule has 0 saturated carbocycles. The van der Waals surface area contributed by atoms with Crippen molar-refractivity contribution in [1.82, 2.24) is 0 Å². The van der Waals surface area contributed by atoms with Crippen LogP contribution >= 0.6 is 0 Å². The Morgan fingerprint density at radius 3 is 2.03 bits per heavy atom. The molecule has 0 aromatic carbocycles. The maximum atomic E-state index is 12.8. The van der Waals surface area contributed by atoms with Crippen molar-refractivity contribution >= 4 is 23.5 Å². The summed E-state index contributed by atoms with van der Waals surface area (Å²) in [5.74, 6) is -2.48. The first kappa shape index (κ1) is 28.3. The van der Waals surface area contributed by atoms with Crippen LogP contribution < -0.4 is 0 Å². The van der Waals surface area contributed by atoms with Crippen LogP contribution in [-0.2, 0) is 28.7 Å². The summed E-state index contributed by atoms with van der Waals surface area (Å²) in [6.45, 7) is 5.54. The molecule has 1 heterocycles. The van der Waals surface area contributed by atoms with E-state index in [1.165, 1.54) is 12.8 Å². The van der Waals surface area contributed by atoms with Crippen molar-refractivity contribution in [3.8, 4) is 0 Å². The standard InChI is InChI=1S/C26H44O6/c1-4-5-13-16-21-19-22(27)24(29)26(2,3)20-32-23(28)17-14-11-9-7-6-8-10-12-15-18-31-25(21)30/h21H,4-20H2,1-3H3/t21-/m1/s1. The van der Waals surface area contributed by atoms with Crippen molar-refractivity contribution in [2.45, 2.75) is 117 Å². The Balaban J connectivity index is 2.79. The Kier molecular flexibility index (Phi) is 14.1. The summed E-state index contributed by atoms with van der Waals surface area (Å²) in [5.41, 5.74) is -1.11. The molecule has 0 aliphatic carbocycles. The van der Waals surface area contributed by atoms with Gasteiger partial charge in [-0.1, -0.05) is 71.1 Å². The number of Topliss-reactive ketones (excluding diaryl/α,β-unsaturated/α-hetero) is 2. The van der Waals surface area contributed by atoms with Crippen molar-refractivity contribution in [2.75, 3.05) is 13.2 Å². The monoisotopic (exact) mass is 452 g/mol. The summed E-state index contributed by atoms with van der Waals surface area (Å²) in [5, 5.41) is 0. The largest absolute Gasteiger partial charge is 0.465 e. The Morgan fingerprint density at radius 2 is 1.41 bits per heavy atom. The molecule has 0 unspecified atom stereocenters. The van der Waals surface area contributed by atoms with E-state index in [4.69, 9.17) is 9.47 Å². The van der Waals surface area contributed by atoms with E-state index < -0.39 is 22.9 Å². The molecule has 1 rings (SSSR count). The topological polar surface area (TPSA) is 86.7 Å². The molecule has 1 aliphatic rings. The maximum Gasteiger partial charge on any atom is 0.309 e. The average Bonchev–Trinajstić information content (AvgIpc) is 2.76. The van der Waals surface area contributed by atoms with Crippen LogP contribution in [-0.4, -0.2) is 36.7 Å². The number of cyclic esters (lactones) is 2. The highest BCUT2D eigenvalue weighted by Gasteiger charge is 2.36. The molecule has 1 saturated heterocycles. The molecule has 0 aromatic heterocycles. The second-order valence-electron chi connectivity index (χ2n) is 9.79. The van der Waals surface area contributed by atoms with Crippen molar-refractivity contribution < 1.29 is 28.7 Å². The Labute approximate surface area is 194 Å². The van der Waals surface area contributed by atoms with Gasteiger partial charge in [0, 0.05) is 12.8 Å². The number of ether oxygens (including phenoxy) is 2. The molecule has 1 atom stereocenters. The summed E-state index contributed by atoms with van der Waals surface area (Å²) in [7, 11) is 0. The van der Waals surface area contributed by atoms with Crippen molar-refractivity contribution in [2.24, 2.45) is 11.3 Å². The van der Waals surface area contributed by atoms with E-state index >= 15 is 0 Å². The average molecular weight is 453 g/mol. The molecule has 1 fully saturated rings. The zero-order chi connectivity index (χ0) is 23.8. The fraction of sp³-hybridized carbons (Fsp3) is 0.846.